The molecule has 0 aliphatic heterocycles. The summed E-state index contributed by atoms with van der Waals surface area (Å²) in [7, 11) is 0. The van der Waals surface area contributed by atoms with E-state index in [1.807, 2.05) is 0 Å². The third-order valence-electron chi connectivity index (χ3n) is 2.60. The predicted molar refractivity (Wildman–Crippen MR) is 70.4 cm³/mol. The molecule has 0 fully saturated rings. The molecular weight excluding hydrogens is 269 g/mol. The Morgan fingerprint density at radius 2 is 1.95 bits per heavy atom. The molecule has 106 valence electrons. The number of rotatable bonds is 3. The first-order valence-corrected chi connectivity index (χ1v) is 5.87. The van der Waals surface area contributed by atoms with Crippen molar-refractivity contribution in [2.45, 2.75) is 13.1 Å². The molecule has 0 aliphatic carbocycles. The summed E-state index contributed by atoms with van der Waals surface area (Å²) in [6.45, 7) is 0.449. The molecule has 0 spiro atoms. The molecule has 0 radical (unpaired) electrons. The van der Waals surface area contributed by atoms with E-state index in [-0.39, 0.29) is 5.75 Å². The Kier molecular flexibility index (Phi) is 3.83. The fourth-order valence-corrected chi connectivity index (χ4v) is 1.77. The van der Waals surface area contributed by atoms with E-state index in [0.717, 1.165) is 11.3 Å². The number of nitrogens with two attached hydrogens (primary N) is 1. The topological polar surface area (TPSA) is 48.1 Å². The van der Waals surface area contributed by atoms with Crippen LogP contribution in [0.5, 0.6) is 5.75 Å². The third kappa shape index (κ3) is 3.63. The fraction of sp³-hybridized carbons (Fsp3) is 0.214. The number of nitrogen functional groups attached to an aromatic ring is 1. The van der Waals surface area contributed by atoms with Gasteiger partial charge < -0.3 is 10.5 Å². The first kappa shape index (κ1) is 14.2. The van der Waals surface area contributed by atoms with Gasteiger partial charge in [-0.1, -0.05) is 0 Å². The van der Waals surface area contributed by atoms with E-state index in [2.05, 4.69) is 4.98 Å². The summed E-state index contributed by atoms with van der Waals surface area (Å²) < 4.78 is 41.7. The van der Waals surface area contributed by atoms with Crippen LogP contribution in [0.25, 0.3) is 11.1 Å². The van der Waals surface area contributed by atoms with Crippen LogP contribution in [0.1, 0.15) is 5.69 Å². The highest BCUT2D eigenvalue weighted by Crippen LogP contribution is 2.33. The zero-order valence-electron chi connectivity index (χ0n) is 10.7. The van der Waals surface area contributed by atoms with Crippen LogP contribution in [0, 0.1) is 6.92 Å². The second-order valence-electron chi connectivity index (χ2n) is 4.35. The van der Waals surface area contributed by atoms with Gasteiger partial charge in [-0.15, -0.1) is 0 Å². The van der Waals surface area contributed by atoms with E-state index >= 15 is 0 Å². The summed E-state index contributed by atoms with van der Waals surface area (Å²) >= 11 is 0. The summed E-state index contributed by atoms with van der Waals surface area (Å²) in [5, 5.41) is 0. The fourth-order valence-electron chi connectivity index (χ4n) is 1.77. The molecule has 1 heterocycles. The summed E-state index contributed by atoms with van der Waals surface area (Å²) in [5.41, 5.74) is 7.99. The number of hydrogen-bond donors (Lipinski definition) is 1. The Labute approximate surface area is 114 Å². The Morgan fingerprint density at radius 3 is 2.60 bits per heavy atom. The van der Waals surface area contributed by atoms with Crippen LogP contribution >= 0.6 is 0 Å². The van der Waals surface area contributed by atoms with Crippen molar-refractivity contribution in [2.75, 3.05) is 12.3 Å². The average Bonchev–Trinajstić information content (AvgIpc) is 2.35. The van der Waals surface area contributed by atoms with Crippen LogP contribution in [0.3, 0.4) is 0 Å². The van der Waals surface area contributed by atoms with Gasteiger partial charge in [0.25, 0.3) is 0 Å². The highest BCUT2D eigenvalue weighted by molar-refractivity contribution is 5.73. The highest BCUT2D eigenvalue weighted by Gasteiger charge is 2.29. The molecule has 0 unspecified atom stereocenters. The molecule has 0 amide bonds. The maximum Gasteiger partial charge on any atom is 0.422 e. The second kappa shape index (κ2) is 5.40. The van der Waals surface area contributed by atoms with Crippen LogP contribution in [0.4, 0.5) is 18.9 Å². The number of aromatic nitrogens is 1. The summed E-state index contributed by atoms with van der Waals surface area (Å²) in [4.78, 5) is 4.05. The van der Waals surface area contributed by atoms with Gasteiger partial charge in [-0.3, -0.25) is 4.98 Å². The van der Waals surface area contributed by atoms with Gasteiger partial charge >= 0.3 is 6.18 Å². The van der Waals surface area contributed by atoms with Gasteiger partial charge in [0.15, 0.2) is 6.61 Å². The van der Waals surface area contributed by atoms with E-state index in [1.165, 1.54) is 6.07 Å². The van der Waals surface area contributed by atoms with E-state index in [1.54, 1.807) is 37.4 Å². The molecule has 1 aromatic carbocycles. The number of pyridine rings is 1. The van der Waals surface area contributed by atoms with Crippen LogP contribution in [-0.2, 0) is 0 Å². The lowest BCUT2D eigenvalue weighted by molar-refractivity contribution is -0.153. The highest BCUT2D eigenvalue weighted by atomic mass is 19.4. The lowest BCUT2D eigenvalue weighted by Crippen LogP contribution is -2.19. The van der Waals surface area contributed by atoms with E-state index in [4.69, 9.17) is 10.5 Å². The Balaban J connectivity index is 2.38. The molecule has 2 aromatic rings. The SMILES string of the molecule is Cc1cc(-c2ccc(N)cc2OCC(F)(F)F)ccn1. The zero-order valence-corrected chi connectivity index (χ0v) is 10.7. The number of nitrogens with zero attached hydrogens (tertiary/aromatic N) is 1. The largest absolute Gasteiger partial charge is 0.483 e. The van der Waals surface area contributed by atoms with Crippen molar-refractivity contribution in [3.63, 3.8) is 0 Å². The number of alkyl halides is 3. The molecule has 1 aromatic heterocycles. The van der Waals surface area contributed by atoms with Gasteiger partial charge in [0.2, 0.25) is 0 Å². The number of aryl methyl sites for hydroxylation is 1. The zero-order chi connectivity index (χ0) is 14.8. The van der Waals surface area contributed by atoms with Crippen molar-refractivity contribution in [1.29, 1.82) is 0 Å². The molecule has 2 rings (SSSR count). The van der Waals surface area contributed by atoms with Crippen molar-refractivity contribution < 1.29 is 17.9 Å². The number of anilines is 1. The molecule has 0 aliphatic rings. The third-order valence-corrected chi connectivity index (χ3v) is 2.60. The Bertz CT molecular complexity index is 612. The normalized spacial score (nSPS) is 11.4. The first-order chi connectivity index (χ1) is 9.35. The van der Waals surface area contributed by atoms with Crippen molar-refractivity contribution >= 4 is 5.69 Å². The molecular formula is C14H13F3N2O. The first-order valence-electron chi connectivity index (χ1n) is 5.87. The standard InChI is InChI=1S/C14H13F3N2O/c1-9-6-10(4-5-19-9)12-3-2-11(18)7-13(12)20-8-14(15,16)17/h2-7H,8,18H2,1H3. The van der Waals surface area contributed by atoms with Gasteiger partial charge in [-0.2, -0.15) is 13.2 Å². The number of ether oxygens (including phenoxy) is 1. The van der Waals surface area contributed by atoms with Crippen molar-refractivity contribution in [3.8, 4) is 16.9 Å². The van der Waals surface area contributed by atoms with Crippen molar-refractivity contribution in [1.82, 2.24) is 4.98 Å². The van der Waals surface area contributed by atoms with Gasteiger partial charge in [0.05, 0.1) is 0 Å². The van der Waals surface area contributed by atoms with Gasteiger partial charge in [-0.25, -0.2) is 0 Å². The van der Waals surface area contributed by atoms with Crippen LogP contribution < -0.4 is 10.5 Å². The summed E-state index contributed by atoms with van der Waals surface area (Å²) in [6.07, 6.45) is -2.80. The van der Waals surface area contributed by atoms with Crippen LogP contribution in [-0.4, -0.2) is 17.8 Å². The number of halogens is 3. The molecule has 20 heavy (non-hydrogen) atoms. The second-order valence-corrected chi connectivity index (χ2v) is 4.35. The maximum atomic E-state index is 12.3. The summed E-state index contributed by atoms with van der Waals surface area (Å²) in [5.74, 6) is 0.105. The molecule has 0 atom stereocenters. The number of benzene rings is 1. The molecule has 0 saturated heterocycles. The van der Waals surface area contributed by atoms with Gasteiger partial charge in [-0.05, 0) is 36.8 Å². The minimum atomic E-state index is -4.39. The predicted octanol–water partition coefficient (Wildman–Crippen LogP) is 3.58. The molecule has 0 saturated carbocycles. The van der Waals surface area contributed by atoms with E-state index in [0.29, 0.717) is 11.3 Å². The average molecular weight is 282 g/mol. The minimum absolute atomic E-state index is 0.105. The van der Waals surface area contributed by atoms with Crippen LogP contribution in [0.15, 0.2) is 36.5 Å². The smallest absolute Gasteiger partial charge is 0.422 e. The molecule has 6 heteroatoms. The Hall–Kier alpha value is -2.24. The van der Waals surface area contributed by atoms with Crippen molar-refractivity contribution in [3.05, 3.63) is 42.2 Å². The van der Waals surface area contributed by atoms with Gasteiger partial charge in [0.1, 0.15) is 5.75 Å². The minimum Gasteiger partial charge on any atom is -0.483 e. The molecule has 3 nitrogen and oxygen atoms in total. The molecule has 0 bridgehead atoms. The lowest BCUT2D eigenvalue weighted by Gasteiger charge is -2.14. The van der Waals surface area contributed by atoms with Gasteiger partial charge in [0, 0.05) is 29.2 Å². The summed E-state index contributed by atoms with van der Waals surface area (Å²) in [6, 6.07) is 8.11. The quantitative estimate of drug-likeness (QED) is 0.875. The van der Waals surface area contributed by atoms with E-state index in [9.17, 15) is 13.2 Å². The Morgan fingerprint density at radius 1 is 1.20 bits per heavy atom. The van der Waals surface area contributed by atoms with Crippen molar-refractivity contribution in [2.24, 2.45) is 0 Å². The number of hydrogen-bond acceptors (Lipinski definition) is 3. The van der Waals surface area contributed by atoms with Crippen LogP contribution in [0.2, 0.25) is 0 Å². The monoisotopic (exact) mass is 282 g/mol. The lowest BCUT2D eigenvalue weighted by atomic mass is 10.0. The molecule has 2 N–H and O–H groups in total. The maximum absolute atomic E-state index is 12.3. The van der Waals surface area contributed by atoms with E-state index < -0.39 is 12.8 Å².